The Morgan fingerprint density at radius 3 is 2.57 bits per heavy atom. The van der Waals surface area contributed by atoms with Crippen molar-refractivity contribution >= 4 is 0 Å². The molecule has 1 aliphatic carbocycles. The largest absolute Gasteiger partial charge is 0.372 e. The van der Waals surface area contributed by atoms with Crippen LogP contribution in [0.3, 0.4) is 0 Å². The summed E-state index contributed by atoms with van der Waals surface area (Å²) >= 11 is 0. The lowest BCUT2D eigenvalue weighted by Gasteiger charge is -2.27. The predicted molar refractivity (Wildman–Crippen MR) is 89.6 cm³/mol. The summed E-state index contributed by atoms with van der Waals surface area (Å²) < 4.78 is 6.30. The highest BCUT2D eigenvalue weighted by Gasteiger charge is 2.20. The van der Waals surface area contributed by atoms with E-state index >= 15 is 0 Å². The summed E-state index contributed by atoms with van der Waals surface area (Å²) in [4.78, 5) is 0. The Balaban J connectivity index is 1.98. The summed E-state index contributed by atoms with van der Waals surface area (Å²) in [6, 6.07) is 8.72. The third-order valence-electron chi connectivity index (χ3n) is 4.24. The average molecular weight is 289 g/mol. The van der Waals surface area contributed by atoms with Gasteiger partial charge >= 0.3 is 0 Å². The van der Waals surface area contributed by atoms with Crippen LogP contribution in [0.5, 0.6) is 0 Å². The van der Waals surface area contributed by atoms with E-state index in [4.69, 9.17) is 4.74 Å². The molecule has 1 saturated carbocycles. The van der Waals surface area contributed by atoms with E-state index in [0.29, 0.717) is 0 Å². The maximum Gasteiger partial charge on any atom is 0.0949 e. The Labute approximate surface area is 130 Å². The second kappa shape index (κ2) is 7.42. The Morgan fingerprint density at radius 1 is 1.24 bits per heavy atom. The van der Waals surface area contributed by atoms with E-state index in [9.17, 15) is 0 Å². The highest BCUT2D eigenvalue weighted by atomic mass is 16.5. The Hall–Kier alpha value is -0.860. The molecule has 1 aliphatic rings. The first-order valence-electron chi connectivity index (χ1n) is 8.37. The third-order valence-corrected chi connectivity index (χ3v) is 4.24. The molecular weight excluding hydrogens is 258 g/mol. The molecule has 2 heteroatoms. The van der Waals surface area contributed by atoms with Gasteiger partial charge in [-0.1, -0.05) is 42.7 Å². The average Bonchev–Trinajstić information content (AvgIpc) is 2.90. The van der Waals surface area contributed by atoms with E-state index in [1.54, 1.807) is 0 Å². The molecule has 0 bridgehead atoms. The van der Waals surface area contributed by atoms with Crippen molar-refractivity contribution < 1.29 is 4.74 Å². The topological polar surface area (TPSA) is 21.3 Å². The number of hydrogen-bond acceptors (Lipinski definition) is 2. The van der Waals surface area contributed by atoms with Gasteiger partial charge in [0.2, 0.25) is 0 Å². The summed E-state index contributed by atoms with van der Waals surface area (Å²) in [5.74, 6) is 0.770. The first-order chi connectivity index (χ1) is 9.94. The van der Waals surface area contributed by atoms with Crippen molar-refractivity contribution in [1.82, 2.24) is 5.32 Å². The lowest BCUT2D eigenvalue weighted by molar-refractivity contribution is 0.0260. The van der Waals surface area contributed by atoms with Crippen LogP contribution in [0.15, 0.2) is 24.3 Å². The molecule has 0 saturated heterocycles. The molecule has 2 rings (SSSR count). The number of hydrogen-bond donors (Lipinski definition) is 1. The molecule has 0 radical (unpaired) electrons. The SMILES string of the molecule is Cc1cccc(C(CNC(C)(C)C)OCC2CCCC2)c1. The van der Waals surface area contributed by atoms with Crippen LogP contribution in [-0.2, 0) is 4.74 Å². The maximum atomic E-state index is 6.30. The predicted octanol–water partition coefficient (Wildman–Crippen LogP) is 4.63. The smallest absolute Gasteiger partial charge is 0.0949 e. The highest BCUT2D eigenvalue weighted by molar-refractivity contribution is 5.24. The minimum Gasteiger partial charge on any atom is -0.372 e. The lowest BCUT2D eigenvalue weighted by Crippen LogP contribution is -2.39. The highest BCUT2D eigenvalue weighted by Crippen LogP contribution is 2.27. The van der Waals surface area contributed by atoms with Crippen molar-refractivity contribution in [3.63, 3.8) is 0 Å². The van der Waals surface area contributed by atoms with Gasteiger partial charge in [0.25, 0.3) is 0 Å². The van der Waals surface area contributed by atoms with Gasteiger partial charge in [0, 0.05) is 12.1 Å². The van der Waals surface area contributed by atoms with Gasteiger partial charge in [-0.25, -0.2) is 0 Å². The van der Waals surface area contributed by atoms with Crippen LogP contribution in [0, 0.1) is 12.8 Å². The number of aryl methyl sites for hydroxylation is 1. The zero-order chi connectivity index (χ0) is 15.3. The fourth-order valence-corrected chi connectivity index (χ4v) is 2.97. The molecule has 0 aliphatic heterocycles. The van der Waals surface area contributed by atoms with Crippen LogP contribution in [0.4, 0.5) is 0 Å². The van der Waals surface area contributed by atoms with E-state index in [1.165, 1.54) is 36.8 Å². The van der Waals surface area contributed by atoms with Crippen molar-refractivity contribution in [2.75, 3.05) is 13.2 Å². The molecule has 2 nitrogen and oxygen atoms in total. The summed E-state index contributed by atoms with van der Waals surface area (Å²) in [6.45, 7) is 10.5. The standard InChI is InChI=1S/C19H31NO/c1-15-8-7-11-17(12-15)18(13-20-19(2,3)4)21-14-16-9-5-6-10-16/h7-8,11-12,16,18,20H,5-6,9-10,13-14H2,1-4H3. The molecule has 0 heterocycles. The van der Waals surface area contributed by atoms with Gasteiger partial charge in [-0.15, -0.1) is 0 Å². The van der Waals surface area contributed by atoms with Gasteiger partial charge in [0.15, 0.2) is 0 Å². The Kier molecular flexibility index (Phi) is 5.83. The zero-order valence-corrected chi connectivity index (χ0v) is 14.1. The molecule has 1 fully saturated rings. The summed E-state index contributed by atoms with van der Waals surface area (Å²) in [7, 11) is 0. The molecule has 0 amide bonds. The fourth-order valence-electron chi connectivity index (χ4n) is 2.97. The van der Waals surface area contributed by atoms with Crippen molar-refractivity contribution in [2.24, 2.45) is 5.92 Å². The van der Waals surface area contributed by atoms with E-state index in [1.807, 2.05) is 0 Å². The Morgan fingerprint density at radius 2 is 1.95 bits per heavy atom. The first kappa shape index (κ1) is 16.5. The molecule has 21 heavy (non-hydrogen) atoms. The van der Waals surface area contributed by atoms with Gasteiger partial charge in [0.05, 0.1) is 12.7 Å². The molecule has 1 aromatic rings. The van der Waals surface area contributed by atoms with E-state index in [0.717, 1.165) is 19.1 Å². The lowest BCUT2D eigenvalue weighted by atomic mass is 10.0. The number of rotatable bonds is 6. The Bertz CT molecular complexity index is 429. The van der Waals surface area contributed by atoms with Gasteiger partial charge < -0.3 is 10.1 Å². The molecule has 1 atom stereocenters. The zero-order valence-electron chi connectivity index (χ0n) is 14.1. The van der Waals surface area contributed by atoms with E-state index < -0.39 is 0 Å². The molecule has 0 spiro atoms. The van der Waals surface area contributed by atoms with E-state index in [2.05, 4.69) is 57.3 Å². The van der Waals surface area contributed by atoms with Crippen LogP contribution in [0.2, 0.25) is 0 Å². The van der Waals surface area contributed by atoms with Crippen LogP contribution in [0.25, 0.3) is 0 Å². The second-order valence-corrected chi connectivity index (χ2v) is 7.52. The number of ether oxygens (including phenoxy) is 1. The van der Waals surface area contributed by atoms with Crippen molar-refractivity contribution in [3.8, 4) is 0 Å². The molecule has 1 N–H and O–H groups in total. The molecular formula is C19H31NO. The minimum atomic E-state index is 0.124. The molecule has 0 aromatic heterocycles. The van der Waals surface area contributed by atoms with Gasteiger partial charge in [-0.3, -0.25) is 0 Å². The van der Waals surface area contributed by atoms with Crippen molar-refractivity contribution in [3.05, 3.63) is 35.4 Å². The minimum absolute atomic E-state index is 0.124. The second-order valence-electron chi connectivity index (χ2n) is 7.52. The maximum absolute atomic E-state index is 6.30. The third kappa shape index (κ3) is 5.80. The summed E-state index contributed by atoms with van der Waals surface area (Å²) in [6.07, 6.45) is 5.59. The summed E-state index contributed by atoms with van der Waals surface area (Å²) in [5.41, 5.74) is 2.72. The molecule has 1 aromatic carbocycles. The quantitative estimate of drug-likeness (QED) is 0.824. The van der Waals surface area contributed by atoms with E-state index in [-0.39, 0.29) is 11.6 Å². The summed E-state index contributed by atoms with van der Waals surface area (Å²) in [5, 5.41) is 3.59. The fraction of sp³-hybridized carbons (Fsp3) is 0.684. The van der Waals surface area contributed by atoms with Crippen molar-refractivity contribution in [2.45, 2.75) is 65.0 Å². The normalized spacial score (nSPS) is 18.1. The van der Waals surface area contributed by atoms with Gasteiger partial charge in [-0.05, 0) is 52.0 Å². The van der Waals surface area contributed by atoms with Gasteiger partial charge in [-0.2, -0.15) is 0 Å². The van der Waals surface area contributed by atoms with Crippen molar-refractivity contribution in [1.29, 1.82) is 0 Å². The van der Waals surface area contributed by atoms with Crippen LogP contribution in [0.1, 0.15) is 63.7 Å². The van der Waals surface area contributed by atoms with Crippen LogP contribution < -0.4 is 5.32 Å². The molecule has 1 unspecified atom stereocenters. The van der Waals surface area contributed by atoms with Crippen LogP contribution >= 0.6 is 0 Å². The van der Waals surface area contributed by atoms with Crippen LogP contribution in [-0.4, -0.2) is 18.7 Å². The number of nitrogens with one attached hydrogen (secondary N) is 1. The number of benzene rings is 1. The monoisotopic (exact) mass is 289 g/mol. The first-order valence-corrected chi connectivity index (χ1v) is 8.37. The van der Waals surface area contributed by atoms with Gasteiger partial charge in [0.1, 0.15) is 0 Å². The molecule has 118 valence electrons.